The van der Waals surface area contributed by atoms with Crippen LogP contribution >= 0.6 is 27.7 Å². The summed E-state index contributed by atoms with van der Waals surface area (Å²) in [7, 11) is 1.85. The van der Waals surface area contributed by atoms with Gasteiger partial charge in [0.25, 0.3) is 0 Å². The summed E-state index contributed by atoms with van der Waals surface area (Å²) in [4.78, 5) is 8.79. The molecule has 0 amide bonds. The van der Waals surface area contributed by atoms with Crippen molar-refractivity contribution in [2.45, 2.75) is 12.1 Å². The summed E-state index contributed by atoms with van der Waals surface area (Å²) in [6.45, 7) is 2.06. The van der Waals surface area contributed by atoms with Crippen LogP contribution in [0.2, 0.25) is 0 Å². The fourth-order valence-electron chi connectivity index (χ4n) is 1.61. The summed E-state index contributed by atoms with van der Waals surface area (Å²) in [6, 6.07) is 7.99. The van der Waals surface area contributed by atoms with Gasteiger partial charge in [-0.25, -0.2) is 9.97 Å². The van der Waals surface area contributed by atoms with Crippen LogP contribution in [-0.4, -0.2) is 23.3 Å². The van der Waals surface area contributed by atoms with E-state index in [1.807, 2.05) is 31.5 Å². The number of anilines is 3. The lowest BCUT2D eigenvalue weighted by Crippen LogP contribution is -2.01. The van der Waals surface area contributed by atoms with Gasteiger partial charge in [0.2, 0.25) is 0 Å². The predicted molar refractivity (Wildman–Crippen MR) is 85.5 cm³/mol. The predicted octanol–water partition coefficient (Wildman–Crippen LogP) is 4.05. The van der Waals surface area contributed by atoms with E-state index in [-0.39, 0.29) is 0 Å². The maximum Gasteiger partial charge on any atom is 0.191 e. The van der Waals surface area contributed by atoms with Crippen LogP contribution in [0.25, 0.3) is 0 Å². The quantitative estimate of drug-likeness (QED) is 0.650. The van der Waals surface area contributed by atoms with E-state index in [4.69, 9.17) is 0 Å². The van der Waals surface area contributed by atoms with Gasteiger partial charge in [-0.15, -0.1) is 0 Å². The zero-order valence-corrected chi connectivity index (χ0v) is 13.4. The van der Waals surface area contributed by atoms with Gasteiger partial charge >= 0.3 is 0 Å². The third-order valence-electron chi connectivity index (χ3n) is 2.60. The van der Waals surface area contributed by atoms with Gasteiger partial charge in [-0.05, 0) is 36.9 Å². The molecule has 1 aromatic heterocycles. The van der Waals surface area contributed by atoms with Crippen LogP contribution in [0.1, 0.15) is 5.56 Å². The van der Waals surface area contributed by atoms with Gasteiger partial charge in [-0.1, -0.05) is 27.7 Å². The van der Waals surface area contributed by atoms with E-state index >= 15 is 0 Å². The first-order valence-electron chi connectivity index (χ1n) is 5.76. The number of halogens is 1. The van der Waals surface area contributed by atoms with Gasteiger partial charge in [0.15, 0.2) is 5.16 Å². The third kappa shape index (κ3) is 3.61. The van der Waals surface area contributed by atoms with E-state index in [0.717, 1.165) is 32.5 Å². The van der Waals surface area contributed by atoms with Crippen molar-refractivity contribution >= 4 is 45.0 Å². The summed E-state index contributed by atoms with van der Waals surface area (Å²) < 4.78 is 1.07. The van der Waals surface area contributed by atoms with Crippen LogP contribution < -0.4 is 10.6 Å². The van der Waals surface area contributed by atoms with Gasteiger partial charge in [-0.3, -0.25) is 0 Å². The first-order valence-corrected chi connectivity index (χ1v) is 7.78. The number of nitrogens with one attached hydrogen (secondary N) is 2. The first kappa shape index (κ1) is 14.1. The molecule has 4 nitrogen and oxygen atoms in total. The highest BCUT2D eigenvalue weighted by atomic mass is 79.9. The van der Waals surface area contributed by atoms with Crippen molar-refractivity contribution in [3.05, 3.63) is 34.3 Å². The Morgan fingerprint density at radius 1 is 1.16 bits per heavy atom. The molecule has 2 N–H and O–H groups in total. The summed E-state index contributed by atoms with van der Waals surface area (Å²) >= 11 is 4.98. The number of aryl methyl sites for hydroxylation is 1. The van der Waals surface area contributed by atoms with Gasteiger partial charge in [0, 0.05) is 23.3 Å². The molecule has 0 aliphatic carbocycles. The zero-order chi connectivity index (χ0) is 13.8. The number of nitrogens with zero attached hydrogens (tertiary/aromatic N) is 2. The SMILES string of the molecule is CNc1cc(Nc2ccc(Br)cc2C)nc(SC)n1. The van der Waals surface area contributed by atoms with Crippen molar-refractivity contribution in [1.82, 2.24) is 9.97 Å². The van der Waals surface area contributed by atoms with Crippen LogP contribution in [-0.2, 0) is 0 Å². The number of rotatable bonds is 4. The van der Waals surface area contributed by atoms with E-state index in [1.165, 1.54) is 11.8 Å². The Hall–Kier alpha value is -1.27. The molecule has 0 saturated heterocycles. The lowest BCUT2D eigenvalue weighted by Gasteiger charge is -2.11. The Bertz CT molecular complexity index is 567. The number of hydrogen-bond donors (Lipinski definition) is 2. The average molecular weight is 339 g/mol. The van der Waals surface area contributed by atoms with Crippen molar-refractivity contribution in [3.8, 4) is 0 Å². The molecule has 0 aliphatic heterocycles. The Balaban J connectivity index is 2.31. The molecule has 0 fully saturated rings. The number of hydrogen-bond acceptors (Lipinski definition) is 5. The molecular formula is C13H15BrN4S. The highest BCUT2D eigenvalue weighted by Crippen LogP contribution is 2.25. The molecule has 1 aromatic carbocycles. The molecule has 100 valence electrons. The lowest BCUT2D eigenvalue weighted by molar-refractivity contribution is 0.977. The summed E-state index contributed by atoms with van der Waals surface area (Å²) in [5.41, 5.74) is 2.20. The Morgan fingerprint density at radius 3 is 2.53 bits per heavy atom. The lowest BCUT2D eigenvalue weighted by atomic mass is 10.2. The van der Waals surface area contributed by atoms with E-state index in [0.29, 0.717) is 0 Å². The molecular weight excluding hydrogens is 324 g/mol. The summed E-state index contributed by atoms with van der Waals surface area (Å²) in [5.74, 6) is 1.59. The van der Waals surface area contributed by atoms with Crippen LogP contribution in [0.3, 0.4) is 0 Å². The van der Waals surface area contributed by atoms with E-state index < -0.39 is 0 Å². The third-order valence-corrected chi connectivity index (χ3v) is 3.64. The van der Waals surface area contributed by atoms with Crippen molar-refractivity contribution in [1.29, 1.82) is 0 Å². The van der Waals surface area contributed by atoms with E-state index in [1.54, 1.807) is 0 Å². The number of aromatic nitrogens is 2. The van der Waals surface area contributed by atoms with Crippen LogP contribution in [0.5, 0.6) is 0 Å². The minimum Gasteiger partial charge on any atom is -0.373 e. The molecule has 2 rings (SSSR count). The monoisotopic (exact) mass is 338 g/mol. The largest absolute Gasteiger partial charge is 0.373 e. The fourth-order valence-corrected chi connectivity index (χ4v) is 2.47. The van der Waals surface area contributed by atoms with Crippen LogP contribution in [0, 0.1) is 6.92 Å². The molecule has 0 unspecified atom stereocenters. The topological polar surface area (TPSA) is 49.8 Å². The highest BCUT2D eigenvalue weighted by molar-refractivity contribution is 9.10. The minimum absolute atomic E-state index is 0.740. The Labute approximate surface area is 125 Å². The standard InChI is InChI=1S/C13H15BrN4S/c1-8-6-9(14)4-5-10(8)16-12-7-11(15-2)17-13(18-12)19-3/h4-7H,1-3H3,(H2,15,16,17,18). The Kier molecular flexibility index (Phi) is 4.66. The molecule has 0 bridgehead atoms. The Morgan fingerprint density at radius 2 is 1.89 bits per heavy atom. The zero-order valence-electron chi connectivity index (χ0n) is 11.0. The molecule has 0 spiro atoms. The van der Waals surface area contributed by atoms with Crippen molar-refractivity contribution < 1.29 is 0 Å². The molecule has 0 saturated carbocycles. The average Bonchev–Trinajstić information content (AvgIpc) is 2.41. The van der Waals surface area contributed by atoms with Gasteiger partial charge < -0.3 is 10.6 Å². The van der Waals surface area contributed by atoms with Gasteiger partial charge in [-0.2, -0.15) is 0 Å². The molecule has 2 aromatic rings. The van der Waals surface area contributed by atoms with Gasteiger partial charge in [0.1, 0.15) is 11.6 Å². The highest BCUT2D eigenvalue weighted by Gasteiger charge is 2.05. The van der Waals surface area contributed by atoms with Crippen molar-refractivity contribution in [3.63, 3.8) is 0 Å². The molecule has 6 heteroatoms. The fraction of sp³-hybridized carbons (Fsp3) is 0.231. The number of thioether (sulfide) groups is 1. The van der Waals surface area contributed by atoms with Gasteiger partial charge in [0.05, 0.1) is 0 Å². The maximum absolute atomic E-state index is 4.45. The first-order chi connectivity index (χ1) is 9.12. The van der Waals surface area contributed by atoms with E-state index in [9.17, 15) is 0 Å². The molecule has 19 heavy (non-hydrogen) atoms. The van der Waals surface area contributed by atoms with Crippen molar-refractivity contribution in [2.24, 2.45) is 0 Å². The smallest absolute Gasteiger partial charge is 0.191 e. The van der Waals surface area contributed by atoms with Crippen molar-refractivity contribution in [2.75, 3.05) is 23.9 Å². The summed E-state index contributed by atoms with van der Waals surface area (Å²) in [6.07, 6.45) is 1.96. The summed E-state index contributed by atoms with van der Waals surface area (Å²) in [5, 5.41) is 7.10. The normalized spacial score (nSPS) is 10.3. The van der Waals surface area contributed by atoms with Crippen LogP contribution in [0.4, 0.5) is 17.3 Å². The van der Waals surface area contributed by atoms with E-state index in [2.05, 4.69) is 49.5 Å². The number of benzene rings is 1. The molecule has 1 heterocycles. The molecule has 0 radical (unpaired) electrons. The van der Waals surface area contributed by atoms with Crippen LogP contribution in [0.15, 0.2) is 33.9 Å². The second-order valence-electron chi connectivity index (χ2n) is 3.96. The maximum atomic E-state index is 4.45. The second kappa shape index (κ2) is 6.25. The second-order valence-corrected chi connectivity index (χ2v) is 5.65. The molecule has 0 atom stereocenters. The minimum atomic E-state index is 0.740. The molecule has 0 aliphatic rings.